The van der Waals surface area contributed by atoms with Gasteiger partial charge >= 0.3 is 6.18 Å². The maximum atomic E-state index is 13.3. The molecular formula is C21H22BrF3N4. The second-order valence-corrected chi connectivity index (χ2v) is 8.06. The highest BCUT2D eigenvalue weighted by Gasteiger charge is 2.31. The van der Waals surface area contributed by atoms with E-state index in [4.69, 9.17) is 0 Å². The lowest BCUT2D eigenvalue weighted by atomic mass is 10.1. The largest absolute Gasteiger partial charge is 0.416 e. The number of hydrogen-bond acceptors (Lipinski definition) is 4. The zero-order valence-corrected chi connectivity index (χ0v) is 18.0. The monoisotopic (exact) mass is 466 g/mol. The summed E-state index contributed by atoms with van der Waals surface area (Å²) in [4.78, 5) is 11.2. The molecule has 0 saturated heterocycles. The van der Waals surface area contributed by atoms with E-state index in [2.05, 4.69) is 36.1 Å². The molecule has 0 amide bonds. The fourth-order valence-corrected chi connectivity index (χ4v) is 3.51. The second-order valence-electron chi connectivity index (χ2n) is 7.20. The summed E-state index contributed by atoms with van der Waals surface area (Å²) in [6, 6.07) is 9.53. The number of alkyl halides is 3. The summed E-state index contributed by atoms with van der Waals surface area (Å²) in [7, 11) is 4.01. The first-order valence-corrected chi connectivity index (χ1v) is 9.98. The Morgan fingerprint density at radius 2 is 1.86 bits per heavy atom. The van der Waals surface area contributed by atoms with Crippen LogP contribution >= 0.6 is 15.9 Å². The lowest BCUT2D eigenvalue weighted by Gasteiger charge is -2.14. The molecule has 154 valence electrons. The average Bonchev–Trinajstić information content (AvgIpc) is 2.64. The molecule has 3 aromatic rings. The first-order valence-electron chi connectivity index (χ1n) is 9.19. The maximum absolute atomic E-state index is 13.3. The molecule has 0 aliphatic carbocycles. The van der Waals surface area contributed by atoms with E-state index in [0.717, 1.165) is 35.0 Å². The number of rotatable bonds is 6. The van der Waals surface area contributed by atoms with Crippen LogP contribution in [0.4, 0.5) is 19.0 Å². The van der Waals surface area contributed by atoms with Gasteiger partial charge in [0.05, 0.1) is 11.1 Å². The van der Waals surface area contributed by atoms with Crippen LogP contribution in [0.5, 0.6) is 0 Å². The van der Waals surface area contributed by atoms with Crippen LogP contribution in [0, 0.1) is 6.92 Å². The van der Waals surface area contributed by atoms with Crippen molar-refractivity contribution in [3.8, 4) is 11.4 Å². The Morgan fingerprint density at radius 1 is 1.10 bits per heavy atom. The third-order valence-electron chi connectivity index (χ3n) is 4.41. The van der Waals surface area contributed by atoms with Crippen molar-refractivity contribution in [1.29, 1.82) is 0 Å². The van der Waals surface area contributed by atoms with Gasteiger partial charge in [-0.25, -0.2) is 9.97 Å². The fourth-order valence-electron chi connectivity index (χ4n) is 3.06. The van der Waals surface area contributed by atoms with E-state index >= 15 is 0 Å². The van der Waals surface area contributed by atoms with Gasteiger partial charge in [-0.1, -0.05) is 6.07 Å². The van der Waals surface area contributed by atoms with Crippen LogP contribution in [0.2, 0.25) is 0 Å². The fraction of sp³-hybridized carbons (Fsp3) is 0.333. The van der Waals surface area contributed by atoms with Crippen LogP contribution in [0.1, 0.15) is 17.5 Å². The summed E-state index contributed by atoms with van der Waals surface area (Å²) in [6.45, 7) is 3.24. The van der Waals surface area contributed by atoms with Crippen LogP contribution in [0.15, 0.2) is 40.9 Å². The Kier molecular flexibility index (Phi) is 6.43. The number of halogens is 4. The molecule has 8 heteroatoms. The lowest BCUT2D eigenvalue weighted by Crippen LogP contribution is -2.17. The van der Waals surface area contributed by atoms with Gasteiger partial charge in [-0.15, -0.1) is 0 Å². The number of benzene rings is 2. The predicted octanol–water partition coefficient (Wildman–Crippen LogP) is 5.75. The zero-order chi connectivity index (χ0) is 21.2. The first kappa shape index (κ1) is 21.5. The van der Waals surface area contributed by atoms with E-state index in [1.807, 2.05) is 32.3 Å². The number of nitrogens with one attached hydrogen (secondary N) is 1. The summed E-state index contributed by atoms with van der Waals surface area (Å²) in [5.41, 5.74) is 0.795. The van der Waals surface area contributed by atoms with Gasteiger partial charge in [-0.3, -0.25) is 0 Å². The molecular weight excluding hydrogens is 445 g/mol. The molecule has 0 atom stereocenters. The van der Waals surface area contributed by atoms with Crippen LogP contribution in [0.25, 0.3) is 22.3 Å². The average molecular weight is 467 g/mol. The summed E-state index contributed by atoms with van der Waals surface area (Å²) < 4.78 is 40.6. The molecule has 29 heavy (non-hydrogen) atoms. The third kappa shape index (κ3) is 5.25. The molecule has 3 rings (SSSR count). The Hall–Kier alpha value is -2.19. The molecule has 1 aromatic heterocycles. The third-order valence-corrected chi connectivity index (χ3v) is 5.05. The van der Waals surface area contributed by atoms with Gasteiger partial charge in [-0.05, 0) is 85.8 Å². The van der Waals surface area contributed by atoms with Crippen molar-refractivity contribution in [3.05, 3.63) is 52.0 Å². The van der Waals surface area contributed by atoms with Crippen molar-refractivity contribution in [2.24, 2.45) is 0 Å². The molecule has 1 heterocycles. The molecule has 0 aliphatic rings. The molecule has 2 aromatic carbocycles. The van der Waals surface area contributed by atoms with Crippen molar-refractivity contribution in [2.45, 2.75) is 19.5 Å². The molecule has 0 spiro atoms. The lowest BCUT2D eigenvalue weighted by molar-refractivity contribution is -0.137. The molecule has 0 unspecified atom stereocenters. The molecule has 0 bridgehead atoms. The highest BCUT2D eigenvalue weighted by Crippen LogP contribution is 2.34. The van der Waals surface area contributed by atoms with Crippen molar-refractivity contribution >= 4 is 32.7 Å². The molecule has 0 fully saturated rings. The van der Waals surface area contributed by atoms with E-state index < -0.39 is 11.7 Å². The molecule has 1 N–H and O–H groups in total. The summed E-state index contributed by atoms with van der Waals surface area (Å²) in [6.07, 6.45) is -3.52. The number of aromatic nitrogens is 2. The molecule has 0 radical (unpaired) electrons. The Bertz CT molecular complexity index is 1020. The number of fused-ring (bicyclic) bond motifs is 1. The van der Waals surface area contributed by atoms with Gasteiger partial charge in [0, 0.05) is 22.0 Å². The van der Waals surface area contributed by atoms with Crippen molar-refractivity contribution in [3.63, 3.8) is 0 Å². The minimum atomic E-state index is -4.43. The number of nitrogens with zero attached hydrogens (tertiary/aromatic N) is 3. The summed E-state index contributed by atoms with van der Waals surface area (Å²) >= 11 is 3.49. The van der Waals surface area contributed by atoms with Gasteiger partial charge in [-0.2, -0.15) is 13.2 Å². The van der Waals surface area contributed by atoms with E-state index in [9.17, 15) is 13.2 Å². The van der Waals surface area contributed by atoms with E-state index in [1.165, 1.54) is 0 Å². The number of anilines is 1. The maximum Gasteiger partial charge on any atom is 0.416 e. The topological polar surface area (TPSA) is 41.1 Å². The predicted molar refractivity (Wildman–Crippen MR) is 114 cm³/mol. The van der Waals surface area contributed by atoms with Crippen molar-refractivity contribution < 1.29 is 13.2 Å². The van der Waals surface area contributed by atoms with E-state index in [0.29, 0.717) is 29.0 Å². The molecule has 0 saturated carbocycles. The van der Waals surface area contributed by atoms with Gasteiger partial charge in [0.15, 0.2) is 5.82 Å². The highest BCUT2D eigenvalue weighted by atomic mass is 79.9. The van der Waals surface area contributed by atoms with Gasteiger partial charge < -0.3 is 10.2 Å². The van der Waals surface area contributed by atoms with Crippen LogP contribution in [0.3, 0.4) is 0 Å². The Balaban J connectivity index is 2.07. The molecule has 4 nitrogen and oxygen atoms in total. The van der Waals surface area contributed by atoms with Gasteiger partial charge in [0.1, 0.15) is 5.82 Å². The van der Waals surface area contributed by atoms with Crippen molar-refractivity contribution in [1.82, 2.24) is 14.9 Å². The minimum absolute atomic E-state index is 0.258. The Labute approximate surface area is 176 Å². The van der Waals surface area contributed by atoms with Crippen LogP contribution < -0.4 is 5.32 Å². The van der Waals surface area contributed by atoms with Crippen molar-refractivity contribution in [2.75, 3.05) is 32.5 Å². The standard InChI is InChI=1S/C21H22BrF3N4/c1-13-10-14(12-15(11-13)21(23,24)25)19-27-18-16(6-4-7-17(18)22)20(28-19)26-8-5-9-29(2)3/h4,6-7,10-12H,5,8-9H2,1-3H3,(H,26,27,28). The van der Waals surface area contributed by atoms with E-state index in [1.54, 1.807) is 13.0 Å². The SMILES string of the molecule is Cc1cc(-c2nc(NCCCN(C)C)c3cccc(Br)c3n2)cc(C(F)(F)F)c1. The van der Waals surface area contributed by atoms with Crippen LogP contribution in [-0.2, 0) is 6.18 Å². The second kappa shape index (κ2) is 8.67. The quantitative estimate of drug-likeness (QED) is 0.469. The zero-order valence-electron chi connectivity index (χ0n) is 16.4. The van der Waals surface area contributed by atoms with Gasteiger partial charge in [0.25, 0.3) is 0 Å². The smallest absolute Gasteiger partial charge is 0.369 e. The summed E-state index contributed by atoms with van der Waals surface area (Å²) in [5.74, 6) is 0.869. The number of aryl methyl sites for hydroxylation is 1. The Morgan fingerprint density at radius 3 is 2.55 bits per heavy atom. The number of para-hydroxylation sites is 1. The number of hydrogen-bond donors (Lipinski definition) is 1. The van der Waals surface area contributed by atoms with Crippen LogP contribution in [-0.4, -0.2) is 42.1 Å². The summed E-state index contributed by atoms with van der Waals surface area (Å²) in [5, 5.41) is 4.14. The first-order chi connectivity index (χ1) is 13.6. The van der Waals surface area contributed by atoms with Gasteiger partial charge in [0.2, 0.25) is 0 Å². The van der Waals surface area contributed by atoms with E-state index in [-0.39, 0.29) is 5.82 Å². The molecule has 0 aliphatic heterocycles. The highest BCUT2D eigenvalue weighted by molar-refractivity contribution is 9.10. The normalized spacial score (nSPS) is 12.0. The minimum Gasteiger partial charge on any atom is -0.369 e.